The quantitative estimate of drug-likeness (QED) is 0.613. The Kier molecular flexibility index (Phi) is 11.5. The molecule has 0 spiro atoms. The van der Waals surface area contributed by atoms with E-state index in [1.165, 1.54) is 14.2 Å². The fourth-order valence-electron chi connectivity index (χ4n) is 0.0833. The average Bonchev–Trinajstić information content (AvgIpc) is 1.65. The summed E-state index contributed by atoms with van der Waals surface area (Å²) in [5.74, 6) is 0. The Labute approximate surface area is 68.6 Å². The summed E-state index contributed by atoms with van der Waals surface area (Å²) in [5.41, 5.74) is 0. The van der Waals surface area contributed by atoms with Gasteiger partial charge >= 0.3 is 8.25 Å². The Bertz CT molecular complexity index is 50.9. The molecular formula is C2H7O3PY. The second-order valence-electron chi connectivity index (χ2n) is 0.658. The van der Waals surface area contributed by atoms with E-state index in [1.54, 1.807) is 0 Å². The zero-order chi connectivity index (χ0) is 4.99. The van der Waals surface area contributed by atoms with Crippen molar-refractivity contribution < 1.29 is 46.3 Å². The molecule has 0 rings (SSSR count). The van der Waals surface area contributed by atoms with Crippen molar-refractivity contribution in [3.63, 3.8) is 0 Å². The van der Waals surface area contributed by atoms with E-state index in [0.29, 0.717) is 0 Å². The number of rotatable bonds is 2. The van der Waals surface area contributed by atoms with Crippen LogP contribution in [-0.2, 0) is 46.3 Å². The third-order valence-electron chi connectivity index (χ3n) is 0.333. The van der Waals surface area contributed by atoms with Crippen molar-refractivity contribution in [2.75, 3.05) is 14.2 Å². The molecule has 7 heavy (non-hydrogen) atoms. The first kappa shape index (κ1) is 11.1. The SMILES string of the molecule is CO[PH](=O)OC.[Y]. The minimum Gasteiger partial charge on any atom is -0.314 e. The van der Waals surface area contributed by atoms with Crippen LogP contribution >= 0.6 is 8.25 Å². The van der Waals surface area contributed by atoms with Crippen molar-refractivity contribution in [1.29, 1.82) is 0 Å². The van der Waals surface area contributed by atoms with Crippen LogP contribution in [0.5, 0.6) is 0 Å². The monoisotopic (exact) mass is 199 g/mol. The molecule has 0 amide bonds. The van der Waals surface area contributed by atoms with E-state index in [9.17, 15) is 4.57 Å². The zero-order valence-corrected chi connectivity index (χ0v) is 8.14. The summed E-state index contributed by atoms with van der Waals surface area (Å²) in [5, 5.41) is 0. The van der Waals surface area contributed by atoms with Gasteiger partial charge in [0, 0.05) is 46.9 Å². The Morgan fingerprint density at radius 1 is 1.29 bits per heavy atom. The molecule has 0 N–H and O–H groups in total. The first-order valence-corrected chi connectivity index (χ1v) is 2.65. The van der Waals surface area contributed by atoms with Crippen LogP contribution in [0.3, 0.4) is 0 Å². The molecule has 0 aromatic carbocycles. The molecule has 0 aliphatic carbocycles. The Morgan fingerprint density at radius 3 is 1.57 bits per heavy atom. The van der Waals surface area contributed by atoms with Gasteiger partial charge in [0.1, 0.15) is 0 Å². The van der Waals surface area contributed by atoms with Gasteiger partial charge < -0.3 is 9.05 Å². The van der Waals surface area contributed by atoms with Crippen molar-refractivity contribution >= 4 is 8.25 Å². The van der Waals surface area contributed by atoms with Crippen molar-refractivity contribution in [2.24, 2.45) is 0 Å². The fraction of sp³-hybridized carbons (Fsp3) is 1.00. The summed E-state index contributed by atoms with van der Waals surface area (Å²) in [6.45, 7) is 0. The molecule has 0 aromatic heterocycles. The molecule has 0 heterocycles. The third-order valence-corrected chi connectivity index (χ3v) is 1.00. The van der Waals surface area contributed by atoms with Gasteiger partial charge in [0.2, 0.25) is 0 Å². The molecule has 0 saturated heterocycles. The van der Waals surface area contributed by atoms with E-state index < -0.39 is 8.25 Å². The maximum absolute atomic E-state index is 9.92. The maximum atomic E-state index is 9.92. The van der Waals surface area contributed by atoms with Crippen molar-refractivity contribution in [3.8, 4) is 0 Å². The van der Waals surface area contributed by atoms with E-state index in [4.69, 9.17) is 0 Å². The smallest absolute Gasteiger partial charge is 0.314 e. The Balaban J connectivity index is 0. The predicted molar refractivity (Wildman–Crippen MR) is 23.0 cm³/mol. The zero-order valence-electron chi connectivity index (χ0n) is 4.30. The van der Waals surface area contributed by atoms with E-state index in [0.717, 1.165) is 0 Å². The second kappa shape index (κ2) is 7.25. The van der Waals surface area contributed by atoms with E-state index in [-0.39, 0.29) is 32.7 Å². The average molecular weight is 199 g/mol. The summed E-state index contributed by atoms with van der Waals surface area (Å²) in [6.07, 6.45) is 0. The van der Waals surface area contributed by atoms with Gasteiger partial charge in [-0.2, -0.15) is 0 Å². The molecular weight excluding hydrogens is 192 g/mol. The first-order valence-electron chi connectivity index (χ1n) is 1.43. The van der Waals surface area contributed by atoms with Gasteiger partial charge in [0.25, 0.3) is 0 Å². The summed E-state index contributed by atoms with van der Waals surface area (Å²) >= 11 is 0. The van der Waals surface area contributed by atoms with Gasteiger partial charge in [-0.15, -0.1) is 0 Å². The van der Waals surface area contributed by atoms with E-state index in [1.807, 2.05) is 0 Å². The Hall–Kier alpha value is 1.25. The van der Waals surface area contributed by atoms with E-state index >= 15 is 0 Å². The molecule has 0 fully saturated rings. The van der Waals surface area contributed by atoms with Gasteiger partial charge in [-0.1, -0.05) is 0 Å². The molecule has 0 unspecified atom stereocenters. The topological polar surface area (TPSA) is 35.5 Å². The summed E-state index contributed by atoms with van der Waals surface area (Å²) in [7, 11) is 0.558. The van der Waals surface area contributed by atoms with Crippen molar-refractivity contribution in [1.82, 2.24) is 0 Å². The van der Waals surface area contributed by atoms with E-state index in [2.05, 4.69) is 9.05 Å². The second-order valence-corrected chi connectivity index (χ2v) is 1.97. The first-order chi connectivity index (χ1) is 2.81. The molecule has 0 aliphatic heterocycles. The van der Waals surface area contributed by atoms with Crippen LogP contribution in [0.2, 0.25) is 0 Å². The van der Waals surface area contributed by atoms with Crippen LogP contribution in [0.25, 0.3) is 0 Å². The van der Waals surface area contributed by atoms with Gasteiger partial charge in [-0.3, -0.25) is 4.57 Å². The van der Waals surface area contributed by atoms with Crippen LogP contribution in [0, 0.1) is 0 Å². The molecule has 0 saturated carbocycles. The standard InChI is InChI=1S/C2H7O3P.Y/c1-4-6(3)5-2;/h6H,1-2H3;. The molecule has 41 valence electrons. The molecule has 5 heteroatoms. The largest absolute Gasteiger partial charge is 0.318 e. The summed E-state index contributed by atoms with van der Waals surface area (Å²) in [4.78, 5) is 0. The number of hydrogen-bond acceptors (Lipinski definition) is 3. The summed E-state index contributed by atoms with van der Waals surface area (Å²) < 4.78 is 18.4. The van der Waals surface area contributed by atoms with Crippen molar-refractivity contribution in [3.05, 3.63) is 0 Å². The van der Waals surface area contributed by atoms with Gasteiger partial charge in [0.05, 0.1) is 0 Å². The van der Waals surface area contributed by atoms with Gasteiger partial charge in [-0.25, -0.2) is 0 Å². The molecule has 3 nitrogen and oxygen atoms in total. The molecule has 0 atom stereocenters. The van der Waals surface area contributed by atoms with Crippen LogP contribution in [-0.4, -0.2) is 14.2 Å². The maximum Gasteiger partial charge on any atom is 0.318 e. The minimum atomic E-state index is -2.12. The Morgan fingerprint density at radius 2 is 1.57 bits per heavy atom. The van der Waals surface area contributed by atoms with Crippen LogP contribution < -0.4 is 0 Å². The minimum absolute atomic E-state index is 0. The van der Waals surface area contributed by atoms with Crippen LogP contribution in [0.15, 0.2) is 0 Å². The molecule has 0 bridgehead atoms. The molecule has 0 aromatic rings. The van der Waals surface area contributed by atoms with Crippen LogP contribution in [0.1, 0.15) is 0 Å². The van der Waals surface area contributed by atoms with Gasteiger partial charge in [-0.05, 0) is 0 Å². The molecule has 1 radical (unpaired) electrons. The summed E-state index contributed by atoms with van der Waals surface area (Å²) in [6, 6.07) is 0. The van der Waals surface area contributed by atoms with Gasteiger partial charge in [0.15, 0.2) is 0 Å². The van der Waals surface area contributed by atoms with Crippen LogP contribution in [0.4, 0.5) is 0 Å². The van der Waals surface area contributed by atoms with Crippen molar-refractivity contribution in [2.45, 2.75) is 0 Å². The fourth-order valence-corrected chi connectivity index (χ4v) is 0.250. The normalized spacial score (nSPS) is 8.43. The molecule has 0 aliphatic rings. The number of hydrogen-bond donors (Lipinski definition) is 0. The predicted octanol–water partition coefficient (Wildman–Crippen LogP) is 0.666. The third kappa shape index (κ3) is 7.25.